The van der Waals surface area contributed by atoms with Crippen LogP contribution in [0.1, 0.15) is 37.4 Å². The van der Waals surface area contributed by atoms with E-state index in [1.165, 1.54) is 7.11 Å². The molecule has 0 aliphatic heterocycles. The van der Waals surface area contributed by atoms with E-state index in [2.05, 4.69) is 15.4 Å². The van der Waals surface area contributed by atoms with Crippen molar-refractivity contribution in [1.29, 1.82) is 0 Å². The number of methoxy groups -OCH3 is 1. The lowest BCUT2D eigenvalue weighted by Crippen LogP contribution is -2.48. The van der Waals surface area contributed by atoms with Crippen molar-refractivity contribution in [3.8, 4) is 0 Å². The lowest BCUT2D eigenvalue weighted by molar-refractivity contribution is -0.149. The number of hydrogen-bond donors (Lipinski definition) is 2. The number of amides is 2. The first-order chi connectivity index (χ1) is 14.4. The fourth-order valence-electron chi connectivity index (χ4n) is 2.89. The first kappa shape index (κ1) is 22.9. The van der Waals surface area contributed by atoms with Gasteiger partial charge < -0.3 is 20.1 Å². The topological polar surface area (TPSA) is 93.7 Å². The molecule has 0 unspecified atom stereocenters. The van der Waals surface area contributed by atoms with Gasteiger partial charge in [-0.25, -0.2) is 9.59 Å². The van der Waals surface area contributed by atoms with E-state index < -0.39 is 30.1 Å². The minimum Gasteiger partial charge on any atom is -0.459 e. The van der Waals surface area contributed by atoms with Crippen molar-refractivity contribution in [3.05, 3.63) is 71.8 Å². The standard InChI is InChI=1S/C23H28N2O5/c1-16(2)14-19(22(27)30-15-17-10-6-4-7-11-17)24-21(26)20(25-23(28)29-3)18-12-8-5-9-13-18/h4-13,16,19-20H,14-15H2,1-3H3,(H,24,26)(H,25,28)/t19-,20+/m0/s1. The maximum absolute atomic E-state index is 13.0. The monoisotopic (exact) mass is 412 g/mol. The summed E-state index contributed by atoms with van der Waals surface area (Å²) in [6, 6.07) is 16.2. The Balaban J connectivity index is 2.12. The predicted octanol–water partition coefficient (Wildman–Crippen LogP) is 3.36. The van der Waals surface area contributed by atoms with Crippen LogP contribution >= 0.6 is 0 Å². The zero-order chi connectivity index (χ0) is 21.9. The first-order valence-corrected chi connectivity index (χ1v) is 9.81. The third-order valence-electron chi connectivity index (χ3n) is 4.37. The molecule has 7 nitrogen and oxygen atoms in total. The number of esters is 1. The minimum absolute atomic E-state index is 0.118. The second-order valence-corrected chi connectivity index (χ2v) is 7.26. The molecule has 30 heavy (non-hydrogen) atoms. The van der Waals surface area contributed by atoms with Crippen molar-refractivity contribution in [3.63, 3.8) is 0 Å². The van der Waals surface area contributed by atoms with E-state index in [-0.39, 0.29) is 12.5 Å². The highest BCUT2D eigenvalue weighted by atomic mass is 16.5. The van der Waals surface area contributed by atoms with Crippen LogP contribution in [0, 0.1) is 5.92 Å². The van der Waals surface area contributed by atoms with Crippen LogP contribution in [-0.2, 0) is 25.7 Å². The molecule has 2 aromatic carbocycles. The van der Waals surface area contributed by atoms with Crippen LogP contribution in [0.15, 0.2) is 60.7 Å². The molecule has 0 fully saturated rings. The summed E-state index contributed by atoms with van der Waals surface area (Å²) < 4.78 is 10.0. The Bertz CT molecular complexity index is 824. The first-order valence-electron chi connectivity index (χ1n) is 9.81. The minimum atomic E-state index is -1.00. The number of carbonyl (C=O) groups excluding carboxylic acids is 3. The normalized spacial score (nSPS) is 12.5. The Labute approximate surface area is 176 Å². The van der Waals surface area contributed by atoms with Gasteiger partial charge in [-0.1, -0.05) is 74.5 Å². The van der Waals surface area contributed by atoms with Gasteiger partial charge in [-0.2, -0.15) is 0 Å². The Hall–Kier alpha value is -3.35. The molecular formula is C23H28N2O5. The zero-order valence-electron chi connectivity index (χ0n) is 17.5. The van der Waals surface area contributed by atoms with Crippen LogP contribution in [0.25, 0.3) is 0 Å². The Morgan fingerprint density at radius 3 is 2.07 bits per heavy atom. The number of hydrogen-bond acceptors (Lipinski definition) is 5. The maximum Gasteiger partial charge on any atom is 0.407 e. The maximum atomic E-state index is 13.0. The molecule has 0 aliphatic rings. The van der Waals surface area contributed by atoms with Gasteiger partial charge in [-0.05, 0) is 23.5 Å². The number of alkyl carbamates (subject to hydrolysis) is 1. The average Bonchev–Trinajstić information content (AvgIpc) is 2.76. The summed E-state index contributed by atoms with van der Waals surface area (Å²) in [7, 11) is 1.22. The summed E-state index contributed by atoms with van der Waals surface area (Å²) in [5.41, 5.74) is 1.43. The third-order valence-corrected chi connectivity index (χ3v) is 4.37. The highest BCUT2D eigenvalue weighted by Gasteiger charge is 2.29. The molecule has 0 saturated carbocycles. The van der Waals surface area contributed by atoms with E-state index in [0.29, 0.717) is 12.0 Å². The fourth-order valence-corrected chi connectivity index (χ4v) is 2.89. The molecule has 0 radical (unpaired) electrons. The highest BCUT2D eigenvalue weighted by Crippen LogP contribution is 2.15. The summed E-state index contributed by atoms with van der Waals surface area (Å²) in [6.45, 7) is 4.02. The van der Waals surface area contributed by atoms with Gasteiger partial charge in [0.25, 0.3) is 0 Å². The molecule has 0 heterocycles. The van der Waals surface area contributed by atoms with E-state index in [9.17, 15) is 14.4 Å². The zero-order valence-corrected chi connectivity index (χ0v) is 17.5. The molecule has 0 aliphatic carbocycles. The number of nitrogens with one attached hydrogen (secondary N) is 2. The van der Waals surface area contributed by atoms with Crippen LogP contribution in [0.2, 0.25) is 0 Å². The van der Waals surface area contributed by atoms with Gasteiger partial charge in [0.05, 0.1) is 7.11 Å². The van der Waals surface area contributed by atoms with E-state index in [4.69, 9.17) is 4.74 Å². The van der Waals surface area contributed by atoms with Crippen LogP contribution in [-0.4, -0.2) is 31.1 Å². The third kappa shape index (κ3) is 7.24. The van der Waals surface area contributed by atoms with Gasteiger partial charge in [0.1, 0.15) is 18.7 Å². The number of rotatable bonds is 9. The van der Waals surface area contributed by atoms with E-state index in [1.54, 1.807) is 30.3 Å². The number of benzene rings is 2. The van der Waals surface area contributed by atoms with E-state index in [1.807, 2.05) is 44.2 Å². The molecule has 0 spiro atoms. The predicted molar refractivity (Wildman–Crippen MR) is 112 cm³/mol. The largest absolute Gasteiger partial charge is 0.459 e. The summed E-state index contributed by atoms with van der Waals surface area (Å²) in [5, 5.41) is 5.24. The summed E-state index contributed by atoms with van der Waals surface area (Å²) in [5.74, 6) is -0.900. The Morgan fingerprint density at radius 1 is 0.900 bits per heavy atom. The van der Waals surface area contributed by atoms with Gasteiger partial charge in [0, 0.05) is 0 Å². The molecular weight excluding hydrogens is 384 g/mol. The van der Waals surface area contributed by atoms with Gasteiger partial charge in [0.15, 0.2) is 0 Å². The molecule has 2 atom stereocenters. The highest BCUT2D eigenvalue weighted by molar-refractivity contribution is 5.90. The van der Waals surface area contributed by atoms with E-state index in [0.717, 1.165) is 5.56 Å². The molecule has 160 valence electrons. The fraction of sp³-hybridized carbons (Fsp3) is 0.348. The van der Waals surface area contributed by atoms with Crippen molar-refractivity contribution < 1.29 is 23.9 Å². The van der Waals surface area contributed by atoms with Crippen molar-refractivity contribution in [2.75, 3.05) is 7.11 Å². The van der Waals surface area contributed by atoms with Crippen LogP contribution < -0.4 is 10.6 Å². The summed E-state index contributed by atoms with van der Waals surface area (Å²) in [6.07, 6.45) is -0.343. The van der Waals surface area contributed by atoms with Gasteiger partial charge in [-0.15, -0.1) is 0 Å². The number of carbonyl (C=O) groups is 3. The number of ether oxygens (including phenoxy) is 2. The van der Waals surface area contributed by atoms with Crippen LogP contribution in [0.5, 0.6) is 0 Å². The second-order valence-electron chi connectivity index (χ2n) is 7.26. The molecule has 2 aromatic rings. The molecule has 0 saturated heterocycles. The van der Waals surface area contributed by atoms with Gasteiger partial charge in [0.2, 0.25) is 5.91 Å². The lowest BCUT2D eigenvalue weighted by Gasteiger charge is -2.23. The molecule has 0 aromatic heterocycles. The van der Waals surface area contributed by atoms with Crippen molar-refractivity contribution >= 4 is 18.0 Å². The van der Waals surface area contributed by atoms with E-state index >= 15 is 0 Å². The average molecular weight is 412 g/mol. The molecule has 2 amide bonds. The van der Waals surface area contributed by atoms with Crippen LogP contribution in [0.4, 0.5) is 4.79 Å². The lowest BCUT2D eigenvalue weighted by atomic mass is 10.0. The molecule has 2 rings (SSSR count). The van der Waals surface area contributed by atoms with Crippen molar-refractivity contribution in [2.24, 2.45) is 5.92 Å². The van der Waals surface area contributed by atoms with Gasteiger partial charge in [-0.3, -0.25) is 4.79 Å². The van der Waals surface area contributed by atoms with Crippen molar-refractivity contribution in [1.82, 2.24) is 10.6 Å². The molecule has 0 bridgehead atoms. The Kier molecular flexibility index (Phi) is 8.87. The van der Waals surface area contributed by atoms with Crippen molar-refractivity contribution in [2.45, 2.75) is 39.0 Å². The summed E-state index contributed by atoms with van der Waals surface area (Å²) in [4.78, 5) is 37.4. The molecule has 2 N–H and O–H groups in total. The smallest absolute Gasteiger partial charge is 0.407 e. The SMILES string of the molecule is COC(=O)N[C@@H](C(=O)N[C@@H](CC(C)C)C(=O)OCc1ccccc1)c1ccccc1. The van der Waals surface area contributed by atoms with Gasteiger partial charge >= 0.3 is 12.1 Å². The molecule has 7 heteroatoms. The Morgan fingerprint density at radius 2 is 1.50 bits per heavy atom. The quantitative estimate of drug-likeness (QED) is 0.616. The van der Waals surface area contributed by atoms with Crippen LogP contribution in [0.3, 0.4) is 0 Å². The summed E-state index contributed by atoms with van der Waals surface area (Å²) >= 11 is 0. The second kappa shape index (κ2) is 11.6.